The summed E-state index contributed by atoms with van der Waals surface area (Å²) in [5.74, 6) is -1.02. The van der Waals surface area contributed by atoms with Gasteiger partial charge in [-0.05, 0) is 61.1 Å². The van der Waals surface area contributed by atoms with Gasteiger partial charge in [0.1, 0.15) is 11.9 Å². The van der Waals surface area contributed by atoms with Crippen LogP contribution >= 0.6 is 12.2 Å². The van der Waals surface area contributed by atoms with Crippen molar-refractivity contribution >= 4 is 40.6 Å². The molecule has 6 nitrogen and oxygen atoms in total. The number of thiocarbonyl (C=S) groups is 1. The number of hydrogen-bond donors (Lipinski definition) is 1. The second kappa shape index (κ2) is 8.48. The van der Waals surface area contributed by atoms with Crippen LogP contribution in [0.3, 0.4) is 0 Å². The Morgan fingerprint density at radius 1 is 1.10 bits per heavy atom. The second-order valence-corrected chi connectivity index (χ2v) is 7.20. The van der Waals surface area contributed by atoms with Crippen molar-refractivity contribution in [2.75, 3.05) is 12.4 Å². The first-order valence-corrected chi connectivity index (χ1v) is 9.40. The Kier molecular flexibility index (Phi) is 6.03. The summed E-state index contributed by atoms with van der Waals surface area (Å²) in [6.45, 7) is 1.76. The Hall–Kier alpha value is -3.13. The topological polar surface area (TPSA) is 69.7 Å². The lowest BCUT2D eigenvalue weighted by Crippen LogP contribution is -2.37. The lowest BCUT2D eigenvalue weighted by atomic mass is 10.1. The Bertz CT molecular complexity index is 960. The van der Waals surface area contributed by atoms with Gasteiger partial charge in [-0.2, -0.15) is 0 Å². The molecule has 29 heavy (non-hydrogen) atoms. The van der Waals surface area contributed by atoms with Gasteiger partial charge in [-0.15, -0.1) is 0 Å². The predicted molar refractivity (Wildman–Crippen MR) is 111 cm³/mol. The summed E-state index contributed by atoms with van der Waals surface area (Å²) in [5.41, 5.74) is 1.86. The third kappa shape index (κ3) is 4.65. The van der Waals surface area contributed by atoms with E-state index in [1.807, 2.05) is 0 Å². The monoisotopic (exact) mass is 413 g/mol. The summed E-state index contributed by atoms with van der Waals surface area (Å²) >= 11 is 5.36. The van der Waals surface area contributed by atoms with E-state index in [-0.39, 0.29) is 29.8 Å². The van der Waals surface area contributed by atoms with Crippen LogP contribution < -0.4 is 5.32 Å². The number of nitrogens with one attached hydrogen (secondary N) is 1. The van der Waals surface area contributed by atoms with E-state index < -0.39 is 6.04 Å². The van der Waals surface area contributed by atoms with Crippen LogP contribution in [0.4, 0.5) is 10.1 Å². The number of rotatable bonds is 6. The van der Waals surface area contributed by atoms with Crippen molar-refractivity contribution in [3.63, 3.8) is 0 Å². The molecule has 3 rings (SSSR count). The SMILES string of the molecule is CC(=O)c1ccc(NC(=O)CC2C(=O)N(C)C(=S)N2Cc2ccc(F)cc2)cc1. The normalized spacial score (nSPS) is 16.3. The fourth-order valence-corrected chi connectivity index (χ4v) is 3.40. The Labute approximate surface area is 173 Å². The lowest BCUT2D eigenvalue weighted by molar-refractivity contribution is -0.130. The van der Waals surface area contributed by atoms with Crippen LogP contribution in [0.2, 0.25) is 0 Å². The number of carbonyl (C=O) groups is 3. The molecular weight excluding hydrogens is 393 g/mol. The van der Waals surface area contributed by atoms with Gasteiger partial charge in [0.2, 0.25) is 5.91 Å². The fourth-order valence-electron chi connectivity index (χ4n) is 3.11. The molecule has 0 spiro atoms. The molecule has 1 N–H and O–H groups in total. The summed E-state index contributed by atoms with van der Waals surface area (Å²) in [6, 6.07) is 11.7. The average molecular weight is 413 g/mol. The third-order valence-corrected chi connectivity index (χ3v) is 5.25. The highest BCUT2D eigenvalue weighted by atomic mass is 32.1. The van der Waals surface area contributed by atoms with Crippen LogP contribution in [0.1, 0.15) is 29.3 Å². The highest BCUT2D eigenvalue weighted by Crippen LogP contribution is 2.23. The number of ketones is 1. The molecule has 8 heteroatoms. The largest absolute Gasteiger partial charge is 0.332 e. The standard InChI is InChI=1S/C21H20FN3O3S/c1-13(26)15-5-9-17(10-6-15)23-19(27)11-18-20(28)24(2)21(29)25(18)12-14-3-7-16(22)8-4-14/h3-10,18H,11-12H2,1-2H3,(H,23,27). The number of halogens is 1. The highest BCUT2D eigenvalue weighted by molar-refractivity contribution is 7.80. The maximum Gasteiger partial charge on any atom is 0.251 e. The van der Waals surface area contributed by atoms with Gasteiger partial charge in [0, 0.05) is 24.8 Å². The number of amides is 2. The molecule has 2 aromatic rings. The van der Waals surface area contributed by atoms with E-state index in [4.69, 9.17) is 12.2 Å². The van der Waals surface area contributed by atoms with E-state index in [0.29, 0.717) is 22.9 Å². The summed E-state index contributed by atoms with van der Waals surface area (Å²) in [7, 11) is 1.57. The number of nitrogens with zero attached hydrogens (tertiary/aromatic N) is 2. The Morgan fingerprint density at radius 2 is 1.72 bits per heavy atom. The second-order valence-electron chi connectivity index (χ2n) is 6.84. The zero-order chi connectivity index (χ0) is 21.1. The van der Waals surface area contributed by atoms with Gasteiger partial charge >= 0.3 is 0 Å². The molecule has 2 aromatic carbocycles. The van der Waals surface area contributed by atoms with Crippen molar-refractivity contribution in [1.82, 2.24) is 9.80 Å². The molecule has 1 atom stereocenters. The molecule has 0 radical (unpaired) electrons. The number of likely N-dealkylation sites (N-methyl/N-ethyl adjacent to an activating group) is 1. The minimum absolute atomic E-state index is 0.0626. The maximum atomic E-state index is 13.2. The molecule has 2 amide bonds. The minimum Gasteiger partial charge on any atom is -0.332 e. The van der Waals surface area contributed by atoms with E-state index in [2.05, 4.69) is 5.32 Å². The Balaban J connectivity index is 1.71. The van der Waals surface area contributed by atoms with Crippen LogP contribution in [0, 0.1) is 5.82 Å². The molecule has 1 fully saturated rings. The van der Waals surface area contributed by atoms with Crippen LogP contribution in [0.15, 0.2) is 48.5 Å². The number of hydrogen-bond acceptors (Lipinski definition) is 4. The zero-order valence-corrected chi connectivity index (χ0v) is 16.8. The van der Waals surface area contributed by atoms with Crippen LogP contribution in [-0.2, 0) is 16.1 Å². The Morgan fingerprint density at radius 3 is 2.31 bits per heavy atom. The molecule has 0 saturated carbocycles. The van der Waals surface area contributed by atoms with Crippen LogP contribution in [0.5, 0.6) is 0 Å². The van der Waals surface area contributed by atoms with Gasteiger partial charge in [-0.3, -0.25) is 19.3 Å². The van der Waals surface area contributed by atoms with Crippen molar-refractivity contribution in [1.29, 1.82) is 0 Å². The van der Waals surface area contributed by atoms with Crippen LogP contribution in [0.25, 0.3) is 0 Å². The average Bonchev–Trinajstić information content (AvgIpc) is 2.88. The van der Waals surface area contributed by atoms with Gasteiger partial charge < -0.3 is 10.2 Å². The number of anilines is 1. The van der Waals surface area contributed by atoms with E-state index >= 15 is 0 Å². The molecule has 1 saturated heterocycles. The first kappa shape index (κ1) is 20.6. The molecule has 1 heterocycles. The van der Waals surface area contributed by atoms with Gasteiger partial charge in [-0.1, -0.05) is 12.1 Å². The quantitative estimate of drug-likeness (QED) is 0.582. The molecule has 0 aliphatic carbocycles. The van der Waals surface area contributed by atoms with Crippen molar-refractivity contribution in [3.05, 3.63) is 65.5 Å². The number of carbonyl (C=O) groups excluding carboxylic acids is 3. The molecule has 1 unspecified atom stereocenters. The smallest absolute Gasteiger partial charge is 0.251 e. The molecule has 0 aromatic heterocycles. The van der Waals surface area contributed by atoms with Crippen molar-refractivity contribution in [2.45, 2.75) is 25.9 Å². The third-order valence-electron chi connectivity index (χ3n) is 4.74. The summed E-state index contributed by atoms with van der Waals surface area (Å²) < 4.78 is 13.2. The molecular formula is C21H20FN3O3S. The van der Waals surface area contributed by atoms with E-state index in [1.54, 1.807) is 48.3 Å². The summed E-state index contributed by atoms with van der Waals surface area (Å²) in [5, 5.41) is 3.06. The van der Waals surface area contributed by atoms with E-state index in [9.17, 15) is 18.8 Å². The van der Waals surface area contributed by atoms with Crippen molar-refractivity contribution in [3.8, 4) is 0 Å². The van der Waals surface area contributed by atoms with Gasteiger partial charge in [-0.25, -0.2) is 4.39 Å². The zero-order valence-electron chi connectivity index (χ0n) is 16.0. The first-order chi connectivity index (χ1) is 13.8. The molecule has 150 valence electrons. The van der Waals surface area contributed by atoms with E-state index in [0.717, 1.165) is 5.56 Å². The summed E-state index contributed by atoms with van der Waals surface area (Å²) in [6.07, 6.45) is -0.0844. The fraction of sp³-hybridized carbons (Fsp3) is 0.238. The first-order valence-electron chi connectivity index (χ1n) is 8.99. The summed E-state index contributed by atoms with van der Waals surface area (Å²) in [4.78, 5) is 39.5. The van der Waals surface area contributed by atoms with Crippen molar-refractivity contribution in [2.24, 2.45) is 0 Å². The molecule has 0 bridgehead atoms. The number of benzene rings is 2. The lowest BCUT2D eigenvalue weighted by Gasteiger charge is -2.23. The number of Topliss-reactive ketones (excluding diaryl/α,β-unsaturated/α-hetero) is 1. The van der Waals surface area contributed by atoms with Crippen LogP contribution in [-0.4, -0.2) is 45.6 Å². The van der Waals surface area contributed by atoms with Gasteiger partial charge in [0.25, 0.3) is 5.91 Å². The van der Waals surface area contributed by atoms with Gasteiger partial charge in [0.15, 0.2) is 10.9 Å². The maximum absolute atomic E-state index is 13.2. The predicted octanol–water partition coefficient (Wildman–Crippen LogP) is 2.98. The molecule has 1 aliphatic heterocycles. The van der Waals surface area contributed by atoms with E-state index in [1.165, 1.54) is 24.0 Å². The van der Waals surface area contributed by atoms with Gasteiger partial charge in [0.05, 0.1) is 6.42 Å². The molecule has 1 aliphatic rings. The highest BCUT2D eigenvalue weighted by Gasteiger charge is 2.41. The van der Waals surface area contributed by atoms with Crippen molar-refractivity contribution < 1.29 is 18.8 Å². The minimum atomic E-state index is -0.742.